The molecule has 2 aromatic rings. The van der Waals surface area contributed by atoms with Crippen molar-refractivity contribution in [3.8, 4) is 11.5 Å². The molecule has 1 N–H and O–H groups in total. The number of aryl methyl sites for hydroxylation is 1. The molecule has 0 bridgehead atoms. The summed E-state index contributed by atoms with van der Waals surface area (Å²) >= 11 is 0. The van der Waals surface area contributed by atoms with Crippen molar-refractivity contribution in [1.82, 2.24) is 19.8 Å². The Hall–Kier alpha value is -3.13. The first-order valence-corrected chi connectivity index (χ1v) is 9.73. The molecule has 2 aliphatic heterocycles. The smallest absolute Gasteiger partial charge is 0.272 e. The molecule has 4 rings (SSSR count). The van der Waals surface area contributed by atoms with E-state index in [-0.39, 0.29) is 12.7 Å². The number of carbonyl (C=O) groups is 1. The lowest BCUT2D eigenvalue weighted by atomic mass is 10.1. The number of ether oxygens (including phenoxy) is 2. The van der Waals surface area contributed by atoms with Crippen molar-refractivity contribution in [2.75, 3.05) is 44.8 Å². The van der Waals surface area contributed by atoms with Gasteiger partial charge in [-0.15, -0.1) is 6.58 Å². The summed E-state index contributed by atoms with van der Waals surface area (Å²) in [5.74, 6) is 2.76. The second-order valence-corrected chi connectivity index (χ2v) is 7.11. The van der Waals surface area contributed by atoms with Gasteiger partial charge in [-0.1, -0.05) is 12.1 Å². The van der Waals surface area contributed by atoms with Gasteiger partial charge in [-0.3, -0.25) is 9.69 Å². The van der Waals surface area contributed by atoms with E-state index in [9.17, 15) is 4.79 Å². The van der Waals surface area contributed by atoms with E-state index < -0.39 is 0 Å². The van der Waals surface area contributed by atoms with Gasteiger partial charge in [0.15, 0.2) is 11.5 Å². The van der Waals surface area contributed by atoms with Gasteiger partial charge in [0.2, 0.25) is 6.79 Å². The van der Waals surface area contributed by atoms with Gasteiger partial charge >= 0.3 is 0 Å². The van der Waals surface area contributed by atoms with Gasteiger partial charge in [-0.05, 0) is 24.6 Å². The average Bonchev–Trinajstić information content (AvgIpc) is 3.20. The van der Waals surface area contributed by atoms with Crippen molar-refractivity contribution in [2.45, 2.75) is 13.5 Å². The molecule has 0 unspecified atom stereocenters. The number of rotatable bonds is 6. The summed E-state index contributed by atoms with van der Waals surface area (Å²) in [4.78, 5) is 25.7. The molecule has 1 amide bonds. The van der Waals surface area contributed by atoms with Crippen LogP contribution in [0.4, 0.5) is 5.82 Å². The van der Waals surface area contributed by atoms with Gasteiger partial charge in [0.25, 0.3) is 5.91 Å². The quantitative estimate of drug-likeness (QED) is 0.750. The molecule has 1 aromatic heterocycles. The van der Waals surface area contributed by atoms with Gasteiger partial charge in [-0.2, -0.15) is 0 Å². The number of amides is 1. The molecule has 1 fully saturated rings. The standard InChI is InChI=1S/C21H25N5O3/c1-3-6-22-20-12-17(23-15(2)24-20)21(27)26-9-7-25(8-10-26)13-16-4-5-18-19(11-16)29-14-28-18/h3-5,11-12H,1,6-10,13-14H2,2H3,(H,22,23,24). The molecule has 1 aromatic carbocycles. The van der Waals surface area contributed by atoms with Crippen LogP contribution in [0, 0.1) is 6.92 Å². The zero-order valence-electron chi connectivity index (χ0n) is 16.6. The molecule has 1 saturated heterocycles. The second-order valence-electron chi connectivity index (χ2n) is 7.11. The van der Waals surface area contributed by atoms with Crippen LogP contribution < -0.4 is 14.8 Å². The van der Waals surface area contributed by atoms with Gasteiger partial charge in [0, 0.05) is 45.3 Å². The van der Waals surface area contributed by atoms with Crippen molar-refractivity contribution in [1.29, 1.82) is 0 Å². The summed E-state index contributed by atoms with van der Waals surface area (Å²) < 4.78 is 10.8. The fraction of sp³-hybridized carbons (Fsp3) is 0.381. The lowest BCUT2D eigenvalue weighted by Gasteiger charge is -2.34. The van der Waals surface area contributed by atoms with E-state index in [4.69, 9.17) is 9.47 Å². The molecule has 152 valence electrons. The Balaban J connectivity index is 1.35. The van der Waals surface area contributed by atoms with Gasteiger partial charge < -0.3 is 19.7 Å². The number of piperazine rings is 1. The van der Waals surface area contributed by atoms with E-state index in [2.05, 4.69) is 32.8 Å². The number of hydrogen-bond donors (Lipinski definition) is 1. The first-order chi connectivity index (χ1) is 14.1. The van der Waals surface area contributed by atoms with Crippen molar-refractivity contribution in [3.05, 3.63) is 54.0 Å². The Morgan fingerprint density at radius 3 is 2.76 bits per heavy atom. The second kappa shape index (κ2) is 8.48. The Bertz CT molecular complexity index is 909. The highest BCUT2D eigenvalue weighted by Crippen LogP contribution is 2.32. The molecule has 0 atom stereocenters. The van der Waals surface area contributed by atoms with Crippen LogP contribution in [0.2, 0.25) is 0 Å². The summed E-state index contributed by atoms with van der Waals surface area (Å²) in [6, 6.07) is 7.75. The monoisotopic (exact) mass is 395 g/mol. The van der Waals surface area contributed by atoms with E-state index in [1.165, 1.54) is 5.56 Å². The predicted molar refractivity (Wildman–Crippen MR) is 109 cm³/mol. The SMILES string of the molecule is C=CCNc1cc(C(=O)N2CCN(Cc3ccc4c(c3)OCO4)CC2)nc(C)n1. The van der Waals surface area contributed by atoms with Gasteiger partial charge in [-0.25, -0.2) is 9.97 Å². The van der Waals surface area contributed by atoms with E-state index in [1.807, 2.05) is 17.0 Å². The van der Waals surface area contributed by atoms with Crippen LogP contribution in [0.1, 0.15) is 21.9 Å². The fourth-order valence-corrected chi connectivity index (χ4v) is 3.51. The Morgan fingerprint density at radius 1 is 1.17 bits per heavy atom. The summed E-state index contributed by atoms with van der Waals surface area (Å²) in [7, 11) is 0. The van der Waals surface area contributed by atoms with Crippen molar-refractivity contribution < 1.29 is 14.3 Å². The first-order valence-electron chi connectivity index (χ1n) is 9.73. The molecule has 0 spiro atoms. The zero-order chi connectivity index (χ0) is 20.2. The maximum absolute atomic E-state index is 12.9. The third-order valence-electron chi connectivity index (χ3n) is 4.99. The molecule has 29 heavy (non-hydrogen) atoms. The van der Waals surface area contributed by atoms with Crippen LogP contribution in [0.3, 0.4) is 0 Å². The number of fused-ring (bicyclic) bond motifs is 1. The zero-order valence-corrected chi connectivity index (χ0v) is 16.6. The number of nitrogens with one attached hydrogen (secondary N) is 1. The number of hydrogen-bond acceptors (Lipinski definition) is 7. The van der Waals surface area contributed by atoms with Crippen molar-refractivity contribution >= 4 is 11.7 Å². The van der Waals surface area contributed by atoms with Crippen LogP contribution in [-0.4, -0.2) is 65.2 Å². The lowest BCUT2D eigenvalue weighted by Crippen LogP contribution is -2.48. The molecular formula is C21H25N5O3. The van der Waals surface area contributed by atoms with Crippen LogP contribution >= 0.6 is 0 Å². The minimum Gasteiger partial charge on any atom is -0.454 e. The van der Waals surface area contributed by atoms with Gasteiger partial charge in [0.05, 0.1) is 0 Å². The Kier molecular flexibility index (Phi) is 5.62. The van der Waals surface area contributed by atoms with E-state index in [0.717, 1.165) is 31.1 Å². The van der Waals surface area contributed by atoms with Crippen LogP contribution in [0.5, 0.6) is 11.5 Å². The molecule has 0 radical (unpaired) electrons. The fourth-order valence-electron chi connectivity index (χ4n) is 3.51. The van der Waals surface area contributed by atoms with Crippen LogP contribution in [-0.2, 0) is 6.54 Å². The van der Waals surface area contributed by atoms with Crippen LogP contribution in [0.15, 0.2) is 36.9 Å². The molecule has 8 nitrogen and oxygen atoms in total. The third-order valence-corrected chi connectivity index (χ3v) is 4.99. The summed E-state index contributed by atoms with van der Waals surface area (Å²) in [5, 5.41) is 3.12. The highest BCUT2D eigenvalue weighted by molar-refractivity contribution is 5.93. The maximum Gasteiger partial charge on any atom is 0.272 e. The molecule has 8 heteroatoms. The van der Waals surface area contributed by atoms with Crippen molar-refractivity contribution in [3.63, 3.8) is 0 Å². The average molecular weight is 395 g/mol. The number of nitrogens with zero attached hydrogens (tertiary/aromatic N) is 4. The number of aromatic nitrogens is 2. The molecule has 3 heterocycles. The highest BCUT2D eigenvalue weighted by atomic mass is 16.7. The summed E-state index contributed by atoms with van der Waals surface area (Å²) in [5.41, 5.74) is 1.60. The first kappa shape index (κ1) is 19.2. The Labute approximate surface area is 170 Å². The molecule has 0 aliphatic carbocycles. The number of carbonyl (C=O) groups excluding carboxylic acids is 1. The summed E-state index contributed by atoms with van der Waals surface area (Å²) in [6.07, 6.45) is 1.75. The van der Waals surface area contributed by atoms with Crippen LogP contribution in [0.25, 0.3) is 0 Å². The topological polar surface area (TPSA) is 79.8 Å². The molecule has 0 saturated carbocycles. The third kappa shape index (κ3) is 4.48. The van der Waals surface area contributed by atoms with Gasteiger partial charge in [0.1, 0.15) is 17.3 Å². The molecule has 2 aliphatic rings. The number of benzene rings is 1. The van der Waals surface area contributed by atoms with E-state index in [1.54, 1.807) is 19.1 Å². The lowest BCUT2D eigenvalue weighted by molar-refractivity contribution is 0.0622. The summed E-state index contributed by atoms with van der Waals surface area (Å²) in [6.45, 7) is 10.1. The molecular weight excluding hydrogens is 370 g/mol. The maximum atomic E-state index is 12.9. The minimum atomic E-state index is -0.0557. The Morgan fingerprint density at radius 2 is 1.97 bits per heavy atom. The van der Waals surface area contributed by atoms with Crippen molar-refractivity contribution in [2.24, 2.45) is 0 Å². The largest absolute Gasteiger partial charge is 0.454 e. The normalized spacial score (nSPS) is 16.0. The number of anilines is 1. The highest BCUT2D eigenvalue weighted by Gasteiger charge is 2.24. The van der Waals surface area contributed by atoms with E-state index in [0.29, 0.717) is 37.0 Å². The minimum absolute atomic E-state index is 0.0557. The van der Waals surface area contributed by atoms with E-state index >= 15 is 0 Å². The predicted octanol–water partition coefficient (Wildman–Crippen LogP) is 2.07.